The predicted molar refractivity (Wildman–Crippen MR) is 62.1 cm³/mol. The molecule has 86 valence electrons. The minimum absolute atomic E-state index is 0.338. The number of nitrogens with zero attached hydrogens (tertiary/aromatic N) is 1. The molecule has 1 aliphatic heterocycles. The average Bonchev–Trinajstić information content (AvgIpc) is 2.33. The first kappa shape index (κ1) is 11.3. The number of carbonyl (C=O) groups excluding carboxylic acids is 1. The summed E-state index contributed by atoms with van der Waals surface area (Å²) in [7, 11) is 0. The van der Waals surface area contributed by atoms with Gasteiger partial charge in [0.1, 0.15) is 5.78 Å². The van der Waals surface area contributed by atoms with E-state index in [2.05, 4.69) is 4.90 Å². The quantitative estimate of drug-likeness (QED) is 0.835. The van der Waals surface area contributed by atoms with Crippen LogP contribution in [0.3, 0.4) is 0 Å². The molecule has 2 rings (SSSR count). The fraction of sp³-hybridized carbons (Fsp3) is 0.462. The van der Waals surface area contributed by atoms with E-state index in [4.69, 9.17) is 0 Å². The fourth-order valence-electron chi connectivity index (χ4n) is 2.01. The number of hydrogen-bond acceptors (Lipinski definition) is 3. The molecular formula is C13H17NO2. The molecule has 0 amide bonds. The SMILES string of the molecule is O=C1CCN(C[C@@H](O)c2ccccc2)CC1. The largest absolute Gasteiger partial charge is 0.387 e. The maximum atomic E-state index is 11.1. The van der Waals surface area contributed by atoms with Crippen molar-refractivity contribution in [3.05, 3.63) is 35.9 Å². The van der Waals surface area contributed by atoms with E-state index in [9.17, 15) is 9.90 Å². The van der Waals surface area contributed by atoms with E-state index in [1.165, 1.54) is 0 Å². The van der Waals surface area contributed by atoms with E-state index in [-0.39, 0.29) is 0 Å². The summed E-state index contributed by atoms with van der Waals surface area (Å²) in [6.45, 7) is 2.18. The number of rotatable bonds is 3. The topological polar surface area (TPSA) is 40.5 Å². The number of carbonyl (C=O) groups is 1. The molecule has 0 aliphatic carbocycles. The smallest absolute Gasteiger partial charge is 0.135 e. The van der Waals surface area contributed by atoms with Crippen LogP contribution < -0.4 is 0 Å². The Bertz CT molecular complexity index is 340. The highest BCUT2D eigenvalue weighted by Gasteiger charge is 2.19. The van der Waals surface area contributed by atoms with Crippen molar-refractivity contribution >= 4 is 5.78 Å². The summed E-state index contributed by atoms with van der Waals surface area (Å²) in [5.41, 5.74) is 0.944. The fourth-order valence-corrected chi connectivity index (χ4v) is 2.01. The van der Waals surface area contributed by atoms with E-state index in [1.807, 2.05) is 30.3 Å². The van der Waals surface area contributed by atoms with Gasteiger partial charge in [-0.05, 0) is 5.56 Å². The van der Waals surface area contributed by atoms with Crippen LogP contribution in [0, 0.1) is 0 Å². The Morgan fingerprint density at radius 3 is 2.44 bits per heavy atom. The van der Waals surface area contributed by atoms with Gasteiger partial charge in [0, 0.05) is 32.5 Å². The van der Waals surface area contributed by atoms with Gasteiger partial charge in [-0.1, -0.05) is 30.3 Å². The van der Waals surface area contributed by atoms with E-state index in [0.29, 0.717) is 25.2 Å². The van der Waals surface area contributed by atoms with Crippen molar-refractivity contribution in [1.82, 2.24) is 4.90 Å². The first-order valence-electron chi connectivity index (χ1n) is 5.73. The first-order chi connectivity index (χ1) is 7.75. The number of piperidine rings is 1. The van der Waals surface area contributed by atoms with Crippen molar-refractivity contribution in [2.75, 3.05) is 19.6 Å². The van der Waals surface area contributed by atoms with Crippen LogP contribution in [-0.4, -0.2) is 35.4 Å². The van der Waals surface area contributed by atoms with Gasteiger partial charge in [-0.25, -0.2) is 0 Å². The van der Waals surface area contributed by atoms with E-state index in [1.54, 1.807) is 0 Å². The minimum atomic E-state index is -0.450. The number of aliphatic hydroxyl groups excluding tert-OH is 1. The lowest BCUT2D eigenvalue weighted by atomic mass is 10.1. The number of likely N-dealkylation sites (tertiary alicyclic amines) is 1. The Morgan fingerprint density at radius 2 is 1.81 bits per heavy atom. The maximum Gasteiger partial charge on any atom is 0.135 e. The van der Waals surface area contributed by atoms with E-state index < -0.39 is 6.10 Å². The Balaban J connectivity index is 1.88. The molecule has 1 aliphatic rings. The average molecular weight is 219 g/mol. The second kappa shape index (κ2) is 5.23. The van der Waals surface area contributed by atoms with Crippen LogP contribution in [0.2, 0.25) is 0 Å². The van der Waals surface area contributed by atoms with Gasteiger partial charge in [0.2, 0.25) is 0 Å². The number of aliphatic hydroxyl groups is 1. The van der Waals surface area contributed by atoms with Crippen LogP contribution in [0.25, 0.3) is 0 Å². The Labute approximate surface area is 95.7 Å². The standard InChI is InChI=1S/C13H17NO2/c15-12-6-8-14(9-7-12)10-13(16)11-4-2-1-3-5-11/h1-5,13,16H,6-10H2/t13-/m1/s1. The molecule has 1 saturated heterocycles. The molecule has 0 saturated carbocycles. The molecule has 16 heavy (non-hydrogen) atoms. The van der Waals surface area contributed by atoms with Crippen molar-refractivity contribution in [1.29, 1.82) is 0 Å². The number of ketones is 1. The van der Waals surface area contributed by atoms with Crippen LogP contribution in [0.5, 0.6) is 0 Å². The van der Waals surface area contributed by atoms with Gasteiger partial charge in [0.05, 0.1) is 6.10 Å². The third kappa shape index (κ3) is 2.90. The molecule has 1 N–H and O–H groups in total. The Morgan fingerprint density at radius 1 is 1.19 bits per heavy atom. The highest BCUT2D eigenvalue weighted by molar-refractivity contribution is 5.79. The van der Waals surface area contributed by atoms with Gasteiger partial charge in [-0.15, -0.1) is 0 Å². The number of β-amino-alcohol motifs (C(OH)–C–C–N with tert-alkyl or cyclic N) is 1. The predicted octanol–water partition coefficient (Wildman–Crippen LogP) is 1.38. The van der Waals surface area contributed by atoms with Gasteiger partial charge in [-0.3, -0.25) is 9.69 Å². The second-order valence-electron chi connectivity index (χ2n) is 4.27. The van der Waals surface area contributed by atoms with Crippen LogP contribution >= 0.6 is 0 Å². The molecule has 0 radical (unpaired) electrons. The van der Waals surface area contributed by atoms with Crippen molar-refractivity contribution in [2.45, 2.75) is 18.9 Å². The van der Waals surface area contributed by atoms with Gasteiger partial charge in [0.25, 0.3) is 0 Å². The molecule has 3 heteroatoms. The van der Waals surface area contributed by atoms with Crippen LogP contribution in [0.1, 0.15) is 24.5 Å². The summed E-state index contributed by atoms with van der Waals surface area (Å²) in [4.78, 5) is 13.2. The number of benzene rings is 1. The number of Topliss-reactive ketones (excluding diaryl/α,β-unsaturated/α-hetero) is 1. The van der Waals surface area contributed by atoms with Crippen LogP contribution in [-0.2, 0) is 4.79 Å². The highest BCUT2D eigenvalue weighted by atomic mass is 16.3. The third-order valence-corrected chi connectivity index (χ3v) is 3.03. The molecule has 0 bridgehead atoms. The Hall–Kier alpha value is -1.19. The lowest BCUT2D eigenvalue weighted by Gasteiger charge is -2.27. The lowest BCUT2D eigenvalue weighted by Crippen LogP contribution is -2.36. The summed E-state index contributed by atoms with van der Waals surface area (Å²) < 4.78 is 0. The zero-order chi connectivity index (χ0) is 11.4. The van der Waals surface area contributed by atoms with Gasteiger partial charge >= 0.3 is 0 Å². The van der Waals surface area contributed by atoms with Gasteiger partial charge < -0.3 is 5.11 Å². The van der Waals surface area contributed by atoms with Crippen molar-refractivity contribution < 1.29 is 9.90 Å². The molecule has 1 fully saturated rings. The molecule has 1 aromatic rings. The zero-order valence-corrected chi connectivity index (χ0v) is 9.30. The van der Waals surface area contributed by atoms with Crippen molar-refractivity contribution in [3.63, 3.8) is 0 Å². The molecular weight excluding hydrogens is 202 g/mol. The summed E-state index contributed by atoms with van der Waals surface area (Å²) in [5.74, 6) is 0.338. The van der Waals surface area contributed by atoms with Crippen molar-refractivity contribution in [2.24, 2.45) is 0 Å². The molecule has 1 heterocycles. The summed E-state index contributed by atoms with van der Waals surface area (Å²) in [5, 5.41) is 10.0. The van der Waals surface area contributed by atoms with Crippen LogP contribution in [0.4, 0.5) is 0 Å². The first-order valence-corrected chi connectivity index (χ1v) is 5.73. The maximum absolute atomic E-state index is 11.1. The summed E-state index contributed by atoms with van der Waals surface area (Å²) in [6, 6.07) is 9.66. The van der Waals surface area contributed by atoms with E-state index in [0.717, 1.165) is 18.7 Å². The molecule has 0 spiro atoms. The normalized spacial score (nSPS) is 19.7. The monoisotopic (exact) mass is 219 g/mol. The second-order valence-corrected chi connectivity index (χ2v) is 4.27. The summed E-state index contributed by atoms with van der Waals surface area (Å²) in [6.07, 6.45) is 0.803. The lowest BCUT2D eigenvalue weighted by molar-refractivity contribution is -0.121. The molecule has 0 aromatic heterocycles. The molecule has 0 unspecified atom stereocenters. The van der Waals surface area contributed by atoms with E-state index >= 15 is 0 Å². The summed E-state index contributed by atoms with van der Waals surface area (Å²) >= 11 is 0. The number of hydrogen-bond donors (Lipinski definition) is 1. The Kier molecular flexibility index (Phi) is 3.70. The minimum Gasteiger partial charge on any atom is -0.387 e. The zero-order valence-electron chi connectivity index (χ0n) is 9.30. The van der Waals surface area contributed by atoms with Gasteiger partial charge in [-0.2, -0.15) is 0 Å². The molecule has 1 aromatic carbocycles. The third-order valence-electron chi connectivity index (χ3n) is 3.03. The van der Waals surface area contributed by atoms with Gasteiger partial charge in [0.15, 0.2) is 0 Å². The molecule has 1 atom stereocenters. The van der Waals surface area contributed by atoms with Crippen molar-refractivity contribution in [3.8, 4) is 0 Å². The van der Waals surface area contributed by atoms with Crippen LogP contribution in [0.15, 0.2) is 30.3 Å². The molecule has 3 nitrogen and oxygen atoms in total. The highest BCUT2D eigenvalue weighted by Crippen LogP contribution is 2.15.